The zero-order chi connectivity index (χ0) is 13.7. The van der Waals surface area contributed by atoms with E-state index in [1.54, 1.807) is 0 Å². The predicted octanol–water partition coefficient (Wildman–Crippen LogP) is 4.03. The molecular weight excluding hydrogens is 244 g/mol. The van der Waals surface area contributed by atoms with Crippen LogP contribution in [-0.2, 0) is 4.43 Å². The van der Waals surface area contributed by atoms with E-state index in [0.29, 0.717) is 0 Å². The maximum absolute atomic E-state index is 10.2. The quantitative estimate of drug-likeness (QED) is 0.678. The molecule has 2 nitrogen and oxygen atoms in total. The van der Waals surface area contributed by atoms with E-state index in [-0.39, 0.29) is 11.8 Å². The molecule has 1 N–H and O–H groups in total. The molecule has 0 amide bonds. The highest BCUT2D eigenvalue weighted by molar-refractivity contribution is 6.77. The van der Waals surface area contributed by atoms with Crippen LogP contribution in [0.5, 0.6) is 0 Å². The highest BCUT2D eigenvalue weighted by Crippen LogP contribution is 2.25. The van der Waals surface area contributed by atoms with Gasteiger partial charge in [-0.25, -0.2) is 0 Å². The lowest BCUT2D eigenvalue weighted by molar-refractivity contribution is 0.135. The van der Waals surface area contributed by atoms with Crippen molar-refractivity contribution in [3.8, 4) is 0 Å². The first kappa shape index (κ1) is 17.4. The summed E-state index contributed by atoms with van der Waals surface area (Å²) in [5.74, 6) is 0. The summed E-state index contributed by atoms with van der Waals surface area (Å²) in [6.45, 7) is 15.5. The molecule has 0 aromatic heterocycles. The third-order valence-electron chi connectivity index (χ3n) is 3.94. The van der Waals surface area contributed by atoms with Gasteiger partial charge in [0.1, 0.15) is 0 Å². The average Bonchev–Trinajstić information content (AvgIpc) is 2.24. The molecular formula is C13H32O2Si2. The van der Waals surface area contributed by atoms with Crippen LogP contribution in [0.4, 0.5) is 0 Å². The maximum Gasteiger partial charge on any atom is 0.192 e. The van der Waals surface area contributed by atoms with Crippen molar-refractivity contribution in [1.82, 2.24) is 0 Å². The van der Waals surface area contributed by atoms with Crippen molar-refractivity contribution < 1.29 is 9.53 Å². The standard InChI is InChI=1S/C13H32O2Si2/c1-8-17(9-2,10-3)15-12(4)11-13(14)16(5,6)7/h12-14H,8-11H2,1-7H3/t12-,13+/m1/s1. The Balaban J connectivity index is 4.39. The van der Waals surface area contributed by atoms with Crippen LogP contribution in [0.25, 0.3) is 0 Å². The Hall–Kier alpha value is 0.354. The second-order valence-corrected chi connectivity index (χ2v) is 16.4. The molecule has 0 aliphatic carbocycles. The van der Waals surface area contributed by atoms with Crippen LogP contribution in [0.2, 0.25) is 37.8 Å². The highest BCUT2D eigenvalue weighted by atomic mass is 28.4. The molecule has 4 heteroatoms. The van der Waals surface area contributed by atoms with Gasteiger partial charge in [0.15, 0.2) is 8.32 Å². The summed E-state index contributed by atoms with van der Waals surface area (Å²) in [4.78, 5) is 0. The minimum atomic E-state index is -1.50. The van der Waals surface area contributed by atoms with E-state index in [2.05, 4.69) is 47.3 Å². The third-order valence-corrected chi connectivity index (χ3v) is 10.9. The summed E-state index contributed by atoms with van der Waals surface area (Å²) >= 11 is 0. The van der Waals surface area contributed by atoms with Crippen molar-refractivity contribution in [3.05, 3.63) is 0 Å². The van der Waals surface area contributed by atoms with E-state index < -0.39 is 16.4 Å². The van der Waals surface area contributed by atoms with Crippen LogP contribution in [0, 0.1) is 0 Å². The van der Waals surface area contributed by atoms with Gasteiger partial charge in [0.05, 0.1) is 8.07 Å². The summed E-state index contributed by atoms with van der Waals surface area (Å²) < 4.78 is 6.35. The molecule has 0 fully saturated rings. The van der Waals surface area contributed by atoms with Gasteiger partial charge in [0.2, 0.25) is 0 Å². The first-order valence-electron chi connectivity index (χ1n) is 7.06. The van der Waals surface area contributed by atoms with Gasteiger partial charge in [-0.3, -0.25) is 0 Å². The monoisotopic (exact) mass is 276 g/mol. The molecule has 0 unspecified atom stereocenters. The van der Waals surface area contributed by atoms with Crippen LogP contribution in [-0.4, -0.2) is 33.3 Å². The van der Waals surface area contributed by atoms with Gasteiger partial charge in [-0.2, -0.15) is 0 Å². The molecule has 0 heterocycles. The Labute approximate surface area is 110 Å². The molecule has 0 spiro atoms. The second kappa shape index (κ2) is 7.07. The minimum absolute atomic E-state index is 0.144. The summed E-state index contributed by atoms with van der Waals surface area (Å²) in [5.41, 5.74) is -0.144. The van der Waals surface area contributed by atoms with Gasteiger partial charge in [0, 0.05) is 11.8 Å². The van der Waals surface area contributed by atoms with E-state index in [4.69, 9.17) is 4.43 Å². The fourth-order valence-corrected chi connectivity index (χ4v) is 6.13. The molecule has 0 radical (unpaired) electrons. The van der Waals surface area contributed by atoms with Crippen molar-refractivity contribution >= 4 is 16.4 Å². The van der Waals surface area contributed by atoms with Gasteiger partial charge in [-0.1, -0.05) is 40.4 Å². The highest BCUT2D eigenvalue weighted by Gasteiger charge is 2.33. The Morgan fingerprint density at radius 1 is 1.00 bits per heavy atom. The Morgan fingerprint density at radius 2 is 1.41 bits per heavy atom. The lowest BCUT2D eigenvalue weighted by Crippen LogP contribution is -2.44. The smallest absolute Gasteiger partial charge is 0.192 e. The van der Waals surface area contributed by atoms with Gasteiger partial charge >= 0.3 is 0 Å². The average molecular weight is 277 g/mol. The van der Waals surface area contributed by atoms with Crippen LogP contribution in [0.1, 0.15) is 34.1 Å². The Morgan fingerprint density at radius 3 is 1.71 bits per heavy atom. The van der Waals surface area contributed by atoms with Crippen LogP contribution in [0.15, 0.2) is 0 Å². The molecule has 104 valence electrons. The number of aliphatic hydroxyl groups excluding tert-OH is 1. The van der Waals surface area contributed by atoms with Crippen molar-refractivity contribution in [2.45, 2.75) is 83.7 Å². The van der Waals surface area contributed by atoms with Crippen molar-refractivity contribution in [2.24, 2.45) is 0 Å². The summed E-state index contributed by atoms with van der Waals surface area (Å²) in [7, 11) is -2.94. The number of aliphatic hydroxyl groups is 1. The van der Waals surface area contributed by atoms with Gasteiger partial charge in [0.25, 0.3) is 0 Å². The molecule has 0 aliphatic heterocycles. The summed E-state index contributed by atoms with van der Waals surface area (Å²) in [6.07, 6.45) is 1.02. The van der Waals surface area contributed by atoms with Gasteiger partial charge in [-0.05, 0) is 31.5 Å². The molecule has 0 aromatic rings. The molecule has 2 atom stereocenters. The minimum Gasteiger partial charge on any atom is -0.414 e. The van der Waals surface area contributed by atoms with Crippen molar-refractivity contribution in [2.75, 3.05) is 0 Å². The molecule has 0 bridgehead atoms. The first-order valence-corrected chi connectivity index (χ1v) is 13.2. The molecule has 0 saturated heterocycles. The normalized spacial score (nSPS) is 16.9. The number of rotatable bonds is 8. The fourth-order valence-electron chi connectivity index (χ4n) is 2.14. The predicted molar refractivity (Wildman–Crippen MR) is 81.7 cm³/mol. The fraction of sp³-hybridized carbons (Fsp3) is 1.00. The molecule has 0 saturated carbocycles. The summed E-state index contributed by atoms with van der Waals surface area (Å²) in [5, 5.41) is 10.2. The van der Waals surface area contributed by atoms with E-state index >= 15 is 0 Å². The van der Waals surface area contributed by atoms with Crippen LogP contribution < -0.4 is 0 Å². The largest absolute Gasteiger partial charge is 0.414 e. The van der Waals surface area contributed by atoms with E-state index in [1.165, 1.54) is 18.1 Å². The van der Waals surface area contributed by atoms with E-state index in [9.17, 15) is 5.11 Å². The second-order valence-electron chi connectivity index (χ2n) is 6.29. The molecule has 17 heavy (non-hydrogen) atoms. The van der Waals surface area contributed by atoms with Crippen molar-refractivity contribution in [1.29, 1.82) is 0 Å². The molecule has 0 aliphatic rings. The molecule has 0 aromatic carbocycles. The molecule has 0 rings (SSSR count). The zero-order valence-corrected chi connectivity index (χ0v) is 14.8. The van der Waals surface area contributed by atoms with Crippen molar-refractivity contribution in [3.63, 3.8) is 0 Å². The Bertz CT molecular complexity index is 202. The maximum atomic E-state index is 10.2. The third kappa shape index (κ3) is 5.68. The summed E-state index contributed by atoms with van der Waals surface area (Å²) in [6, 6.07) is 3.56. The lowest BCUT2D eigenvalue weighted by Gasteiger charge is -2.34. The Kier molecular flexibility index (Phi) is 7.22. The zero-order valence-electron chi connectivity index (χ0n) is 12.8. The van der Waals surface area contributed by atoms with E-state index in [0.717, 1.165) is 6.42 Å². The number of hydrogen-bond donors (Lipinski definition) is 1. The van der Waals surface area contributed by atoms with Crippen LogP contribution in [0.3, 0.4) is 0 Å². The number of hydrogen-bond acceptors (Lipinski definition) is 2. The topological polar surface area (TPSA) is 29.5 Å². The lowest BCUT2D eigenvalue weighted by atomic mass is 10.3. The van der Waals surface area contributed by atoms with Gasteiger partial charge < -0.3 is 9.53 Å². The first-order chi connectivity index (χ1) is 7.70. The van der Waals surface area contributed by atoms with Gasteiger partial charge in [-0.15, -0.1) is 0 Å². The SMILES string of the molecule is CC[Si](CC)(CC)O[C@H](C)C[C@@H](O)[Si](C)(C)C. The van der Waals surface area contributed by atoms with Crippen LogP contribution >= 0.6 is 0 Å². The van der Waals surface area contributed by atoms with E-state index in [1.807, 2.05) is 0 Å².